The fourth-order valence-electron chi connectivity index (χ4n) is 7.65. The van der Waals surface area contributed by atoms with Gasteiger partial charge in [-0.3, -0.25) is 0 Å². The fourth-order valence-corrected chi connectivity index (χ4v) is 8.77. The van der Waals surface area contributed by atoms with Crippen molar-refractivity contribution in [1.29, 1.82) is 0 Å². The van der Waals surface area contributed by atoms with Crippen molar-refractivity contribution in [3.63, 3.8) is 0 Å². The van der Waals surface area contributed by atoms with Crippen molar-refractivity contribution >= 4 is 80.9 Å². The summed E-state index contributed by atoms with van der Waals surface area (Å²) in [5, 5.41) is 10.4. The first kappa shape index (κ1) is 28.8. The van der Waals surface area contributed by atoms with E-state index in [0.29, 0.717) is 0 Å². The van der Waals surface area contributed by atoms with Gasteiger partial charge >= 0.3 is 0 Å². The first-order valence-electron chi connectivity index (χ1n) is 17.1. The van der Waals surface area contributed by atoms with Crippen molar-refractivity contribution in [3.8, 4) is 22.3 Å². The Bertz CT molecular complexity index is 2870. The lowest BCUT2D eigenvalue weighted by molar-refractivity contribution is 1.28. The highest BCUT2D eigenvalue weighted by molar-refractivity contribution is 7.25. The molecule has 0 amide bonds. The zero-order valence-corrected chi connectivity index (χ0v) is 28.1. The third-order valence-electron chi connectivity index (χ3n) is 9.99. The lowest BCUT2D eigenvalue weighted by atomic mass is 9.93. The molecule has 2 heteroatoms. The number of thiophene rings is 1. The number of para-hydroxylation sites is 2. The van der Waals surface area contributed by atoms with Crippen LogP contribution in [0.4, 0.5) is 17.1 Å². The number of hydrogen-bond donors (Lipinski definition) is 0. The van der Waals surface area contributed by atoms with Crippen LogP contribution >= 0.6 is 11.3 Å². The molecule has 0 saturated heterocycles. The molecule has 0 spiro atoms. The van der Waals surface area contributed by atoms with Crippen molar-refractivity contribution in [2.24, 2.45) is 0 Å². The Labute approximate surface area is 294 Å². The molecule has 50 heavy (non-hydrogen) atoms. The van der Waals surface area contributed by atoms with Crippen LogP contribution in [0.1, 0.15) is 0 Å². The molecular weight excluding hydrogens is 623 g/mol. The van der Waals surface area contributed by atoms with Crippen molar-refractivity contribution in [1.82, 2.24) is 0 Å². The van der Waals surface area contributed by atoms with Crippen LogP contribution in [0, 0.1) is 0 Å². The molecule has 1 aromatic heterocycles. The van der Waals surface area contributed by atoms with Gasteiger partial charge in [-0.25, -0.2) is 0 Å². The summed E-state index contributed by atoms with van der Waals surface area (Å²) in [7, 11) is 0. The first-order valence-corrected chi connectivity index (χ1v) is 17.9. The van der Waals surface area contributed by atoms with Crippen LogP contribution in [0.25, 0.3) is 74.7 Å². The van der Waals surface area contributed by atoms with E-state index < -0.39 is 0 Å². The van der Waals surface area contributed by atoms with E-state index in [1.165, 1.54) is 74.7 Å². The van der Waals surface area contributed by atoms with Crippen molar-refractivity contribution in [3.05, 3.63) is 188 Å². The van der Waals surface area contributed by atoms with Gasteiger partial charge in [-0.05, 0) is 104 Å². The largest absolute Gasteiger partial charge is 0.310 e. The van der Waals surface area contributed by atoms with Crippen LogP contribution in [0.3, 0.4) is 0 Å². The average Bonchev–Trinajstić information content (AvgIpc) is 3.55. The van der Waals surface area contributed by atoms with Gasteiger partial charge in [0.2, 0.25) is 0 Å². The zero-order chi connectivity index (χ0) is 33.0. The van der Waals surface area contributed by atoms with E-state index >= 15 is 0 Å². The van der Waals surface area contributed by atoms with Gasteiger partial charge in [0, 0.05) is 37.1 Å². The minimum atomic E-state index is 1.12. The molecule has 0 aliphatic rings. The number of hydrogen-bond acceptors (Lipinski definition) is 2. The van der Waals surface area contributed by atoms with E-state index in [4.69, 9.17) is 0 Å². The predicted molar refractivity (Wildman–Crippen MR) is 217 cm³/mol. The number of benzene rings is 9. The monoisotopic (exact) mass is 653 g/mol. The SMILES string of the molecule is c1ccc(-c2ccccc2N(c2ccccc2)c2cccc(-c3ccc4c(ccc5ccc6cc7c(cc6c54)sc4ccccc47)c3)c2)cc1. The zero-order valence-electron chi connectivity index (χ0n) is 27.3. The maximum Gasteiger partial charge on any atom is 0.0540 e. The Morgan fingerprint density at radius 3 is 1.86 bits per heavy atom. The second-order valence-electron chi connectivity index (χ2n) is 12.9. The van der Waals surface area contributed by atoms with Crippen molar-refractivity contribution in [2.75, 3.05) is 4.90 Å². The molecule has 0 aliphatic carbocycles. The lowest BCUT2D eigenvalue weighted by Gasteiger charge is -2.28. The van der Waals surface area contributed by atoms with Gasteiger partial charge in [-0.1, -0.05) is 133 Å². The Kier molecular flexibility index (Phi) is 6.75. The number of nitrogens with zero attached hydrogens (tertiary/aromatic N) is 1. The maximum absolute atomic E-state index is 2.42. The molecule has 0 atom stereocenters. The van der Waals surface area contributed by atoms with Crippen molar-refractivity contribution in [2.45, 2.75) is 0 Å². The summed E-state index contributed by atoms with van der Waals surface area (Å²) in [6.07, 6.45) is 0. The molecule has 234 valence electrons. The van der Waals surface area contributed by atoms with E-state index in [2.05, 4.69) is 193 Å². The van der Waals surface area contributed by atoms with Crippen LogP contribution in [-0.2, 0) is 0 Å². The van der Waals surface area contributed by atoms with Gasteiger partial charge in [0.25, 0.3) is 0 Å². The van der Waals surface area contributed by atoms with E-state index in [9.17, 15) is 0 Å². The number of anilines is 3. The highest BCUT2D eigenvalue weighted by Crippen LogP contribution is 2.43. The van der Waals surface area contributed by atoms with Gasteiger partial charge in [-0.15, -0.1) is 11.3 Å². The van der Waals surface area contributed by atoms with Crippen molar-refractivity contribution < 1.29 is 0 Å². The molecule has 0 saturated carbocycles. The van der Waals surface area contributed by atoms with Crippen LogP contribution in [0.5, 0.6) is 0 Å². The molecule has 1 nitrogen and oxygen atoms in total. The Hall–Kier alpha value is -6.22. The molecule has 0 fully saturated rings. The molecule has 0 N–H and O–H groups in total. The maximum atomic E-state index is 2.42. The van der Waals surface area contributed by atoms with Crippen LogP contribution in [0.2, 0.25) is 0 Å². The Morgan fingerprint density at radius 2 is 1.00 bits per heavy atom. The second kappa shape index (κ2) is 11.7. The average molecular weight is 654 g/mol. The molecule has 10 rings (SSSR count). The molecule has 1 heterocycles. The molecule has 0 radical (unpaired) electrons. The van der Waals surface area contributed by atoms with E-state index in [0.717, 1.165) is 17.1 Å². The van der Waals surface area contributed by atoms with Crippen LogP contribution in [0.15, 0.2) is 188 Å². The Balaban J connectivity index is 1.12. The standard InChI is InChI=1S/C48H31NS/c1-3-12-32(13-4-1)40-18-7-9-20-45(40)49(38-15-5-2-6-16-38)39-17-11-14-34(29-39)35-26-27-41-36(28-35)24-22-33-23-25-37-30-44-42-19-8-10-21-46(42)50-47(44)31-43(37)48(33)41/h1-31H. The number of rotatable bonds is 5. The summed E-state index contributed by atoms with van der Waals surface area (Å²) in [5.74, 6) is 0. The number of fused-ring (bicyclic) bond motifs is 8. The van der Waals surface area contributed by atoms with E-state index in [1.54, 1.807) is 0 Å². The summed E-state index contributed by atoms with van der Waals surface area (Å²) >= 11 is 1.89. The lowest BCUT2D eigenvalue weighted by Crippen LogP contribution is -2.11. The Morgan fingerprint density at radius 1 is 0.340 bits per heavy atom. The van der Waals surface area contributed by atoms with Gasteiger partial charge in [0.15, 0.2) is 0 Å². The molecule has 0 bridgehead atoms. The summed E-state index contributed by atoms with van der Waals surface area (Å²) in [6, 6.07) is 68.6. The molecule has 0 aliphatic heterocycles. The molecule has 10 aromatic rings. The van der Waals surface area contributed by atoms with Gasteiger partial charge in [-0.2, -0.15) is 0 Å². The van der Waals surface area contributed by atoms with Gasteiger partial charge in [0.05, 0.1) is 5.69 Å². The summed E-state index contributed by atoms with van der Waals surface area (Å²) < 4.78 is 2.68. The predicted octanol–water partition coefficient (Wildman–Crippen LogP) is 14.3. The molecule has 9 aromatic carbocycles. The van der Waals surface area contributed by atoms with Gasteiger partial charge in [0.1, 0.15) is 0 Å². The topological polar surface area (TPSA) is 3.24 Å². The highest BCUT2D eigenvalue weighted by atomic mass is 32.1. The first-order chi connectivity index (χ1) is 24.8. The molecular formula is C48H31NS. The fraction of sp³-hybridized carbons (Fsp3) is 0. The minimum Gasteiger partial charge on any atom is -0.310 e. The second-order valence-corrected chi connectivity index (χ2v) is 14.0. The minimum absolute atomic E-state index is 1.12. The third-order valence-corrected chi connectivity index (χ3v) is 11.1. The summed E-state index contributed by atoms with van der Waals surface area (Å²) in [6.45, 7) is 0. The van der Waals surface area contributed by atoms with Crippen LogP contribution < -0.4 is 4.90 Å². The van der Waals surface area contributed by atoms with E-state index in [-0.39, 0.29) is 0 Å². The third kappa shape index (κ3) is 4.76. The molecule has 0 unspecified atom stereocenters. The van der Waals surface area contributed by atoms with Gasteiger partial charge < -0.3 is 4.90 Å². The summed E-state index contributed by atoms with van der Waals surface area (Å²) in [4.78, 5) is 2.38. The quantitative estimate of drug-likeness (QED) is 0.167. The smallest absolute Gasteiger partial charge is 0.0540 e. The van der Waals surface area contributed by atoms with E-state index in [1.807, 2.05) is 11.3 Å². The highest BCUT2D eigenvalue weighted by Gasteiger charge is 2.18. The normalized spacial score (nSPS) is 11.6. The summed E-state index contributed by atoms with van der Waals surface area (Å²) in [5.41, 5.74) is 8.17. The van der Waals surface area contributed by atoms with Crippen LogP contribution in [-0.4, -0.2) is 0 Å².